The zero-order valence-electron chi connectivity index (χ0n) is 12.9. The van der Waals surface area contributed by atoms with Crippen LogP contribution in [0, 0.1) is 0 Å². The van der Waals surface area contributed by atoms with Gasteiger partial charge in [-0.15, -0.1) is 0 Å². The Morgan fingerprint density at radius 3 is 2.24 bits per heavy atom. The van der Waals surface area contributed by atoms with E-state index >= 15 is 0 Å². The summed E-state index contributed by atoms with van der Waals surface area (Å²) in [5, 5.41) is 4.96. The second kappa shape index (κ2) is 8.35. The molecule has 1 aromatic carbocycles. The van der Waals surface area contributed by atoms with Gasteiger partial charge in [0.1, 0.15) is 0 Å². The normalized spacial score (nSPS) is 18.1. The molecule has 1 aromatic rings. The number of likely N-dealkylation sites (N-methyl/N-ethyl adjacent to an activating group) is 1. The Morgan fingerprint density at radius 2 is 1.71 bits per heavy atom. The van der Waals surface area contributed by atoms with Gasteiger partial charge in [-0.1, -0.05) is 43.1 Å². The van der Waals surface area contributed by atoms with Gasteiger partial charge in [0.15, 0.2) is 0 Å². The molecular formula is C16H25Cl2N3. The zero-order valence-corrected chi connectivity index (χ0v) is 14.4. The van der Waals surface area contributed by atoms with E-state index in [0.29, 0.717) is 0 Å². The standard InChI is InChI=1S/C16H25Cl2N3/c1-3-20(4-2)12-15(21-10-8-19-9-11-21)16-13(17)6-5-7-14(16)18/h5-7,15,19H,3-4,8-12H2,1-2H3. The van der Waals surface area contributed by atoms with Crippen LogP contribution in [0.25, 0.3) is 0 Å². The number of piperazine rings is 1. The third kappa shape index (κ3) is 4.33. The fraction of sp³-hybridized carbons (Fsp3) is 0.625. The van der Waals surface area contributed by atoms with Crippen molar-refractivity contribution < 1.29 is 0 Å². The van der Waals surface area contributed by atoms with Crippen molar-refractivity contribution in [3.8, 4) is 0 Å². The molecule has 1 heterocycles. The Kier molecular flexibility index (Phi) is 6.77. The quantitative estimate of drug-likeness (QED) is 0.864. The van der Waals surface area contributed by atoms with Crippen molar-refractivity contribution in [1.82, 2.24) is 15.1 Å². The predicted molar refractivity (Wildman–Crippen MR) is 91.4 cm³/mol. The number of nitrogens with one attached hydrogen (secondary N) is 1. The molecule has 0 aliphatic carbocycles. The van der Waals surface area contributed by atoms with Gasteiger partial charge >= 0.3 is 0 Å². The van der Waals surface area contributed by atoms with Crippen LogP contribution in [0.15, 0.2) is 18.2 Å². The monoisotopic (exact) mass is 329 g/mol. The molecule has 1 N–H and O–H groups in total. The summed E-state index contributed by atoms with van der Waals surface area (Å²) < 4.78 is 0. The summed E-state index contributed by atoms with van der Waals surface area (Å²) in [4.78, 5) is 4.94. The van der Waals surface area contributed by atoms with E-state index in [4.69, 9.17) is 23.2 Å². The predicted octanol–water partition coefficient (Wildman–Crippen LogP) is 3.28. The summed E-state index contributed by atoms with van der Waals surface area (Å²) >= 11 is 12.9. The number of nitrogens with zero attached hydrogens (tertiary/aromatic N) is 2. The summed E-state index contributed by atoms with van der Waals surface area (Å²) in [6.07, 6.45) is 0. The SMILES string of the molecule is CCN(CC)CC(c1c(Cl)cccc1Cl)N1CCNCC1. The van der Waals surface area contributed by atoms with Gasteiger partial charge in [-0.25, -0.2) is 0 Å². The number of rotatable bonds is 6. The van der Waals surface area contributed by atoms with Crippen molar-refractivity contribution >= 4 is 23.2 Å². The lowest BCUT2D eigenvalue weighted by atomic mass is 10.0. The highest BCUT2D eigenvalue weighted by Crippen LogP contribution is 2.34. The first kappa shape index (κ1) is 17.0. The van der Waals surface area contributed by atoms with E-state index in [0.717, 1.165) is 61.4 Å². The molecule has 0 spiro atoms. The smallest absolute Gasteiger partial charge is 0.0505 e. The van der Waals surface area contributed by atoms with E-state index in [1.165, 1.54) is 0 Å². The molecular weight excluding hydrogens is 305 g/mol. The molecule has 3 nitrogen and oxygen atoms in total. The highest BCUT2D eigenvalue weighted by Gasteiger charge is 2.27. The molecule has 1 unspecified atom stereocenters. The third-order valence-electron chi connectivity index (χ3n) is 4.25. The van der Waals surface area contributed by atoms with Gasteiger partial charge < -0.3 is 10.2 Å². The minimum atomic E-state index is 0.258. The van der Waals surface area contributed by atoms with Gasteiger partial charge in [-0.3, -0.25) is 4.90 Å². The topological polar surface area (TPSA) is 18.5 Å². The second-order valence-corrected chi connectivity index (χ2v) is 6.24. The Labute approximate surface area is 138 Å². The Hall–Kier alpha value is -0.320. The van der Waals surface area contributed by atoms with Crippen molar-refractivity contribution in [3.05, 3.63) is 33.8 Å². The molecule has 1 aliphatic rings. The van der Waals surface area contributed by atoms with Crippen LogP contribution in [0.1, 0.15) is 25.5 Å². The van der Waals surface area contributed by atoms with Crippen molar-refractivity contribution in [2.45, 2.75) is 19.9 Å². The Balaban J connectivity index is 2.29. The molecule has 0 aromatic heterocycles. The van der Waals surface area contributed by atoms with Crippen LogP contribution >= 0.6 is 23.2 Å². The summed E-state index contributed by atoms with van der Waals surface area (Å²) in [6, 6.07) is 6.06. The first-order valence-corrected chi connectivity index (χ1v) is 8.54. The summed E-state index contributed by atoms with van der Waals surface area (Å²) in [6.45, 7) is 11.6. The van der Waals surface area contributed by atoms with E-state index in [-0.39, 0.29) is 6.04 Å². The number of halogens is 2. The van der Waals surface area contributed by atoms with Crippen molar-refractivity contribution in [2.24, 2.45) is 0 Å². The van der Waals surface area contributed by atoms with Crippen molar-refractivity contribution in [2.75, 3.05) is 45.8 Å². The first-order valence-electron chi connectivity index (χ1n) is 7.78. The molecule has 0 radical (unpaired) electrons. The lowest BCUT2D eigenvalue weighted by molar-refractivity contribution is 0.129. The van der Waals surface area contributed by atoms with Gasteiger partial charge in [0.25, 0.3) is 0 Å². The maximum Gasteiger partial charge on any atom is 0.0505 e. The summed E-state index contributed by atoms with van der Waals surface area (Å²) in [5.41, 5.74) is 1.08. The third-order valence-corrected chi connectivity index (χ3v) is 4.91. The average Bonchev–Trinajstić information content (AvgIpc) is 2.51. The van der Waals surface area contributed by atoms with E-state index in [2.05, 4.69) is 29.0 Å². The van der Waals surface area contributed by atoms with E-state index in [9.17, 15) is 0 Å². The zero-order chi connectivity index (χ0) is 15.2. The highest BCUT2D eigenvalue weighted by atomic mass is 35.5. The number of hydrogen-bond donors (Lipinski definition) is 1. The second-order valence-electron chi connectivity index (χ2n) is 5.42. The molecule has 1 atom stereocenters. The molecule has 0 amide bonds. The van der Waals surface area contributed by atoms with E-state index in [1.807, 2.05) is 18.2 Å². The van der Waals surface area contributed by atoms with Gasteiger partial charge in [0.05, 0.1) is 6.04 Å². The molecule has 21 heavy (non-hydrogen) atoms. The fourth-order valence-corrected chi connectivity index (χ4v) is 3.59. The van der Waals surface area contributed by atoms with Crippen LogP contribution in [0.4, 0.5) is 0 Å². The van der Waals surface area contributed by atoms with Gasteiger partial charge in [-0.2, -0.15) is 0 Å². The summed E-state index contributed by atoms with van der Waals surface area (Å²) in [5.74, 6) is 0. The Bertz CT molecular complexity index is 423. The van der Waals surface area contributed by atoms with E-state index < -0.39 is 0 Å². The highest BCUT2D eigenvalue weighted by molar-refractivity contribution is 6.36. The Morgan fingerprint density at radius 1 is 1.14 bits per heavy atom. The maximum absolute atomic E-state index is 6.47. The molecule has 118 valence electrons. The summed E-state index contributed by atoms with van der Waals surface area (Å²) in [7, 11) is 0. The van der Waals surface area contributed by atoms with Crippen molar-refractivity contribution in [1.29, 1.82) is 0 Å². The lowest BCUT2D eigenvalue weighted by Crippen LogP contribution is -2.48. The minimum absolute atomic E-state index is 0.258. The molecule has 1 aliphatic heterocycles. The molecule has 1 fully saturated rings. The lowest BCUT2D eigenvalue weighted by Gasteiger charge is -2.38. The largest absolute Gasteiger partial charge is 0.314 e. The maximum atomic E-state index is 6.47. The van der Waals surface area contributed by atoms with Crippen molar-refractivity contribution in [3.63, 3.8) is 0 Å². The number of benzene rings is 1. The fourth-order valence-electron chi connectivity index (χ4n) is 2.94. The van der Waals surface area contributed by atoms with Crippen LogP contribution in [-0.2, 0) is 0 Å². The van der Waals surface area contributed by atoms with E-state index in [1.54, 1.807) is 0 Å². The molecule has 1 saturated heterocycles. The average molecular weight is 330 g/mol. The van der Waals surface area contributed by atoms with Crippen LogP contribution in [0.2, 0.25) is 10.0 Å². The molecule has 5 heteroatoms. The van der Waals surface area contributed by atoms with Crippen LogP contribution in [0.5, 0.6) is 0 Å². The number of hydrogen-bond acceptors (Lipinski definition) is 3. The molecule has 0 saturated carbocycles. The van der Waals surface area contributed by atoms with Crippen LogP contribution < -0.4 is 5.32 Å². The molecule has 0 bridgehead atoms. The minimum Gasteiger partial charge on any atom is -0.314 e. The van der Waals surface area contributed by atoms with Gasteiger partial charge in [-0.05, 0) is 25.2 Å². The first-order chi connectivity index (χ1) is 10.2. The van der Waals surface area contributed by atoms with Gasteiger partial charge in [0.2, 0.25) is 0 Å². The van der Waals surface area contributed by atoms with Crippen LogP contribution in [0.3, 0.4) is 0 Å². The van der Waals surface area contributed by atoms with Crippen LogP contribution in [-0.4, -0.2) is 55.6 Å². The van der Waals surface area contributed by atoms with Gasteiger partial charge in [0, 0.05) is 48.3 Å². The molecule has 2 rings (SSSR count).